The summed E-state index contributed by atoms with van der Waals surface area (Å²) in [5.41, 5.74) is 1.98. The van der Waals surface area contributed by atoms with E-state index < -0.39 is 12.3 Å². The van der Waals surface area contributed by atoms with Crippen LogP contribution in [0.3, 0.4) is 0 Å². The molecule has 1 aliphatic heterocycles. The number of aliphatic carboxylic acids is 1. The normalized spacial score (nSPS) is 18.5. The largest absolute Gasteiger partial charge is 1.00 e. The van der Waals surface area contributed by atoms with Crippen LogP contribution in [-0.2, 0) is 14.3 Å². The van der Waals surface area contributed by atoms with Crippen molar-refractivity contribution >= 4 is 12.0 Å². The smallest absolute Gasteiger partial charge is 0.542 e. The van der Waals surface area contributed by atoms with Crippen LogP contribution in [0.15, 0.2) is 17.9 Å². The van der Waals surface area contributed by atoms with E-state index in [1.807, 2.05) is 0 Å². The van der Waals surface area contributed by atoms with Crippen molar-refractivity contribution in [2.45, 2.75) is 39.4 Å². The summed E-state index contributed by atoms with van der Waals surface area (Å²) in [6.07, 6.45) is 3.43. The molecule has 5 nitrogen and oxygen atoms in total. The fourth-order valence-corrected chi connectivity index (χ4v) is 2.31. The number of carbonyl (C=O) groups excluding carboxylic acids is 1. The van der Waals surface area contributed by atoms with Gasteiger partial charge in [0.05, 0.1) is 6.61 Å². The molecular formula is C16H19KO5. The molecule has 1 aromatic carbocycles. The number of aryl methyl sites for hydroxylation is 2. The van der Waals surface area contributed by atoms with E-state index in [0.29, 0.717) is 29.7 Å². The topological polar surface area (TPSA) is 78.8 Å². The Morgan fingerprint density at radius 3 is 2.50 bits per heavy atom. The predicted octanol–water partition coefficient (Wildman–Crippen LogP) is -1.35. The Balaban J connectivity index is 0.00000242. The van der Waals surface area contributed by atoms with E-state index in [2.05, 4.69) is 0 Å². The summed E-state index contributed by atoms with van der Waals surface area (Å²) in [6.45, 7) is 4.08. The second-order valence-corrected chi connectivity index (χ2v) is 5.21. The number of carbonyl (C=O) groups is 1. The molecule has 22 heavy (non-hydrogen) atoms. The zero-order valence-electron chi connectivity index (χ0n) is 13.2. The van der Waals surface area contributed by atoms with E-state index in [9.17, 15) is 15.0 Å². The van der Waals surface area contributed by atoms with Crippen molar-refractivity contribution in [3.05, 3.63) is 34.6 Å². The summed E-state index contributed by atoms with van der Waals surface area (Å²) < 4.78 is 10.7. The second kappa shape index (κ2) is 9.05. The Hall–Kier alpha value is -0.374. The molecule has 1 aliphatic rings. The minimum Gasteiger partial charge on any atom is -0.542 e. The van der Waals surface area contributed by atoms with Gasteiger partial charge in [-0.1, -0.05) is 0 Å². The number of aromatic hydroxyl groups is 1. The number of hydrogen-bond acceptors (Lipinski definition) is 5. The molecule has 1 atom stereocenters. The number of carboxylic acids is 1. The number of benzene rings is 1. The van der Waals surface area contributed by atoms with E-state index in [0.717, 1.165) is 12.8 Å². The summed E-state index contributed by atoms with van der Waals surface area (Å²) in [4.78, 5) is 11.2. The molecule has 0 aliphatic carbocycles. The number of carboxylic acid groups (broad SMARTS) is 1. The SMILES string of the molecule is Cc1cc(/C=C(\OC2CCCCO2)C(=O)[O-])cc(C)c1O.[K+]. The van der Waals surface area contributed by atoms with Crippen molar-refractivity contribution in [1.82, 2.24) is 0 Å². The van der Waals surface area contributed by atoms with Crippen molar-refractivity contribution in [2.75, 3.05) is 6.61 Å². The van der Waals surface area contributed by atoms with Crippen molar-refractivity contribution in [1.29, 1.82) is 0 Å². The van der Waals surface area contributed by atoms with Gasteiger partial charge in [0, 0.05) is 6.42 Å². The molecule has 0 saturated carbocycles. The van der Waals surface area contributed by atoms with Crippen LogP contribution in [0.1, 0.15) is 36.0 Å². The molecule has 1 heterocycles. The van der Waals surface area contributed by atoms with Crippen LogP contribution < -0.4 is 56.5 Å². The molecular weight excluding hydrogens is 311 g/mol. The second-order valence-electron chi connectivity index (χ2n) is 5.21. The van der Waals surface area contributed by atoms with Crippen LogP contribution in [0.5, 0.6) is 5.75 Å². The van der Waals surface area contributed by atoms with E-state index in [1.165, 1.54) is 6.08 Å². The Labute approximate surface area is 172 Å². The molecule has 1 aromatic rings. The van der Waals surface area contributed by atoms with Crippen molar-refractivity contribution in [2.24, 2.45) is 0 Å². The van der Waals surface area contributed by atoms with E-state index in [-0.39, 0.29) is 62.9 Å². The quantitative estimate of drug-likeness (QED) is 0.419. The standard InChI is InChI=1S/C16H20O5.K/c1-10-7-12(8-11(2)15(10)17)9-13(16(18)19)21-14-5-3-4-6-20-14;/h7-9,14,17H,3-6H2,1-2H3,(H,18,19);/q;+1/p-1/b13-9-;. The molecule has 1 saturated heterocycles. The zero-order valence-corrected chi connectivity index (χ0v) is 16.3. The van der Waals surface area contributed by atoms with Gasteiger partial charge >= 0.3 is 51.4 Å². The van der Waals surface area contributed by atoms with E-state index >= 15 is 0 Å². The summed E-state index contributed by atoms with van der Waals surface area (Å²) in [7, 11) is 0. The molecule has 0 amide bonds. The van der Waals surface area contributed by atoms with Crippen LogP contribution >= 0.6 is 0 Å². The van der Waals surface area contributed by atoms with Crippen LogP contribution in [0.25, 0.3) is 6.08 Å². The first-order valence-corrected chi connectivity index (χ1v) is 6.99. The Morgan fingerprint density at radius 1 is 1.36 bits per heavy atom. The average Bonchev–Trinajstić information content (AvgIpc) is 2.45. The Kier molecular flexibility index (Phi) is 8.09. The summed E-state index contributed by atoms with van der Waals surface area (Å²) >= 11 is 0. The Bertz CT molecular complexity index is 539. The van der Waals surface area contributed by atoms with Crippen LogP contribution in [0.2, 0.25) is 0 Å². The maximum atomic E-state index is 11.2. The molecule has 1 unspecified atom stereocenters. The summed E-state index contributed by atoms with van der Waals surface area (Å²) in [5, 5.41) is 20.9. The molecule has 0 spiro atoms. The van der Waals surface area contributed by atoms with Gasteiger partial charge in [-0.25, -0.2) is 0 Å². The van der Waals surface area contributed by atoms with Gasteiger partial charge in [-0.05, 0) is 61.6 Å². The first-order chi connectivity index (χ1) is 9.97. The molecule has 1 N–H and O–H groups in total. The molecule has 114 valence electrons. The Morgan fingerprint density at radius 2 is 2.00 bits per heavy atom. The third-order valence-corrected chi connectivity index (χ3v) is 3.41. The maximum absolute atomic E-state index is 11.2. The monoisotopic (exact) mass is 330 g/mol. The van der Waals surface area contributed by atoms with Gasteiger partial charge in [-0.3, -0.25) is 0 Å². The molecule has 6 heteroatoms. The van der Waals surface area contributed by atoms with Gasteiger partial charge in [-0.15, -0.1) is 0 Å². The van der Waals surface area contributed by atoms with E-state index in [4.69, 9.17) is 9.47 Å². The predicted molar refractivity (Wildman–Crippen MR) is 75.2 cm³/mol. The fraction of sp³-hybridized carbons (Fsp3) is 0.438. The van der Waals surface area contributed by atoms with Crippen molar-refractivity contribution < 1.29 is 75.9 Å². The van der Waals surface area contributed by atoms with Crippen LogP contribution in [0.4, 0.5) is 0 Å². The minimum absolute atomic E-state index is 0. The zero-order chi connectivity index (χ0) is 15.4. The van der Waals surface area contributed by atoms with Crippen LogP contribution in [-0.4, -0.2) is 24.0 Å². The van der Waals surface area contributed by atoms with E-state index in [1.54, 1.807) is 26.0 Å². The van der Waals surface area contributed by atoms with Gasteiger partial charge in [-0.2, -0.15) is 0 Å². The fourth-order valence-electron chi connectivity index (χ4n) is 2.31. The van der Waals surface area contributed by atoms with Crippen molar-refractivity contribution in [3.63, 3.8) is 0 Å². The van der Waals surface area contributed by atoms with Gasteiger partial charge in [0.1, 0.15) is 17.5 Å². The number of ether oxygens (including phenoxy) is 2. The van der Waals surface area contributed by atoms with Crippen LogP contribution in [0, 0.1) is 13.8 Å². The average molecular weight is 330 g/mol. The first-order valence-electron chi connectivity index (χ1n) is 6.99. The van der Waals surface area contributed by atoms with Gasteiger partial charge in [0.15, 0.2) is 6.29 Å². The number of phenols is 1. The molecule has 0 bridgehead atoms. The number of phenolic OH excluding ortho intramolecular Hbond substituents is 1. The van der Waals surface area contributed by atoms with Gasteiger partial charge in [0.25, 0.3) is 0 Å². The summed E-state index contributed by atoms with van der Waals surface area (Å²) in [5.74, 6) is -1.43. The van der Waals surface area contributed by atoms with Gasteiger partial charge in [0.2, 0.25) is 0 Å². The summed E-state index contributed by atoms with van der Waals surface area (Å²) in [6, 6.07) is 3.38. The maximum Gasteiger partial charge on any atom is 1.00 e. The molecule has 1 fully saturated rings. The third kappa shape index (κ3) is 5.36. The number of hydrogen-bond donors (Lipinski definition) is 1. The molecule has 0 radical (unpaired) electrons. The third-order valence-electron chi connectivity index (χ3n) is 3.41. The minimum atomic E-state index is -1.38. The first kappa shape index (κ1) is 19.7. The molecule has 2 rings (SSSR count). The number of rotatable bonds is 4. The van der Waals surface area contributed by atoms with Gasteiger partial charge < -0.3 is 24.5 Å². The molecule has 0 aromatic heterocycles. The van der Waals surface area contributed by atoms with Crippen molar-refractivity contribution in [3.8, 4) is 5.75 Å².